The number of hydrogen-bond donors (Lipinski definition) is 3. The summed E-state index contributed by atoms with van der Waals surface area (Å²) in [5, 5.41) is 10.6. The number of aromatic nitrogens is 1. The Bertz CT molecular complexity index is 1450. The highest BCUT2D eigenvalue weighted by atomic mass is 32.2. The molecule has 2 heterocycles. The Morgan fingerprint density at radius 2 is 1.87 bits per heavy atom. The molecule has 0 bridgehead atoms. The number of sulfone groups is 1. The molecule has 11 heteroatoms. The molecule has 0 atom stereocenters. The number of alkyl halides is 3. The van der Waals surface area contributed by atoms with Crippen molar-refractivity contribution < 1.29 is 26.3 Å². The summed E-state index contributed by atoms with van der Waals surface area (Å²) >= 11 is 0. The molecule has 2 aromatic carbocycles. The molecule has 0 amide bonds. The van der Waals surface area contributed by atoms with Crippen molar-refractivity contribution in [3.63, 3.8) is 0 Å². The fourth-order valence-corrected chi connectivity index (χ4v) is 5.16. The van der Waals surface area contributed by atoms with E-state index in [1.807, 2.05) is 6.07 Å². The summed E-state index contributed by atoms with van der Waals surface area (Å²) in [6, 6.07) is 9.78. The van der Waals surface area contributed by atoms with E-state index in [2.05, 4.69) is 27.8 Å². The van der Waals surface area contributed by atoms with Gasteiger partial charge in [-0.3, -0.25) is 0 Å². The molecule has 3 aromatic rings. The van der Waals surface area contributed by atoms with Crippen LogP contribution >= 0.6 is 0 Å². The maximum Gasteiger partial charge on any atom is 0.406 e. The number of hydrogen-bond acceptors (Lipinski definition) is 6. The highest BCUT2D eigenvalue weighted by Crippen LogP contribution is 2.30. The predicted octanol–water partition coefficient (Wildman–Crippen LogP) is 4.49. The second-order valence-electron chi connectivity index (χ2n) is 9.38. The van der Waals surface area contributed by atoms with Gasteiger partial charge in [-0.1, -0.05) is 11.8 Å². The van der Waals surface area contributed by atoms with E-state index in [4.69, 9.17) is 4.74 Å². The summed E-state index contributed by atoms with van der Waals surface area (Å²) in [4.78, 5) is 0.144. The second kappa shape index (κ2) is 11.6. The Morgan fingerprint density at radius 1 is 1.11 bits per heavy atom. The van der Waals surface area contributed by atoms with Crippen LogP contribution in [0.15, 0.2) is 47.5 Å². The normalized spacial score (nSPS) is 14.7. The number of fused-ring (bicyclic) bond motifs is 1. The molecule has 204 valence electrons. The van der Waals surface area contributed by atoms with Crippen molar-refractivity contribution in [2.45, 2.75) is 30.5 Å². The lowest BCUT2D eigenvalue weighted by Gasteiger charge is -2.23. The van der Waals surface area contributed by atoms with E-state index >= 15 is 0 Å². The Hall–Kier alpha value is -3.36. The van der Waals surface area contributed by atoms with Crippen LogP contribution < -0.4 is 20.7 Å². The molecule has 0 aliphatic carbocycles. The summed E-state index contributed by atoms with van der Waals surface area (Å²) in [7, 11) is -1.93. The van der Waals surface area contributed by atoms with E-state index in [1.54, 1.807) is 18.2 Å². The standard InChI is InChI=1S/C27H31F3N4O3S/c1-37-26-16-21(38(2,35)36)5-6-23(26)32-10-3-4-20-14-24(33-17-19-7-11-31-12-8-19)22-9-13-34(25(22)15-20)18-27(28,29)30/h5-6,9,13-16,19,31-33H,7-8,10-12,17-18H2,1-2H3. The molecule has 3 N–H and O–H groups in total. The third-order valence-electron chi connectivity index (χ3n) is 6.48. The van der Waals surface area contributed by atoms with Crippen molar-refractivity contribution in [2.24, 2.45) is 5.92 Å². The van der Waals surface area contributed by atoms with Gasteiger partial charge in [0.05, 0.1) is 29.8 Å². The minimum Gasteiger partial charge on any atom is -0.495 e. The van der Waals surface area contributed by atoms with Gasteiger partial charge in [-0.25, -0.2) is 8.42 Å². The molecule has 1 saturated heterocycles. The molecule has 0 saturated carbocycles. The van der Waals surface area contributed by atoms with Gasteiger partial charge in [0.25, 0.3) is 0 Å². The van der Waals surface area contributed by atoms with Crippen LogP contribution in [0.25, 0.3) is 10.9 Å². The van der Waals surface area contributed by atoms with E-state index in [9.17, 15) is 21.6 Å². The van der Waals surface area contributed by atoms with Crippen LogP contribution in [0, 0.1) is 17.8 Å². The summed E-state index contributed by atoms with van der Waals surface area (Å²) in [6.07, 6.45) is 0.332. The summed E-state index contributed by atoms with van der Waals surface area (Å²) in [5.41, 5.74) is 2.40. The topological polar surface area (TPSA) is 84.4 Å². The first kappa shape index (κ1) is 27.7. The van der Waals surface area contributed by atoms with Crippen LogP contribution in [-0.4, -0.2) is 58.7 Å². The van der Waals surface area contributed by atoms with E-state index < -0.39 is 22.6 Å². The third-order valence-corrected chi connectivity index (χ3v) is 7.59. The highest BCUT2D eigenvalue weighted by Gasteiger charge is 2.28. The molecule has 4 rings (SSSR count). The minimum atomic E-state index is -4.34. The van der Waals surface area contributed by atoms with Gasteiger partial charge in [-0.15, -0.1) is 0 Å². The molecule has 1 aliphatic rings. The lowest BCUT2D eigenvalue weighted by Crippen LogP contribution is -2.31. The minimum absolute atomic E-state index is 0.144. The van der Waals surface area contributed by atoms with Crippen molar-refractivity contribution in [3.05, 3.63) is 48.2 Å². The molecule has 38 heavy (non-hydrogen) atoms. The number of ether oxygens (including phenoxy) is 1. The average Bonchev–Trinajstić information content (AvgIpc) is 3.26. The zero-order valence-corrected chi connectivity index (χ0v) is 22.1. The first-order valence-corrected chi connectivity index (χ1v) is 14.2. The van der Waals surface area contributed by atoms with Crippen LogP contribution in [0.4, 0.5) is 24.5 Å². The summed E-state index contributed by atoms with van der Waals surface area (Å²) < 4.78 is 69.6. The van der Waals surface area contributed by atoms with E-state index in [0.29, 0.717) is 28.4 Å². The van der Waals surface area contributed by atoms with Gasteiger partial charge in [-0.2, -0.15) is 13.2 Å². The number of methoxy groups -OCH3 is 1. The third kappa shape index (κ3) is 7.14. The number of anilines is 2. The molecule has 0 spiro atoms. The van der Waals surface area contributed by atoms with Gasteiger partial charge in [0, 0.05) is 41.7 Å². The molecule has 0 radical (unpaired) electrons. The second-order valence-corrected chi connectivity index (χ2v) is 11.4. The fraction of sp³-hybridized carbons (Fsp3) is 0.407. The molecule has 7 nitrogen and oxygen atoms in total. The maximum absolute atomic E-state index is 13.2. The van der Waals surface area contributed by atoms with Crippen molar-refractivity contribution in [2.75, 3.05) is 50.2 Å². The Morgan fingerprint density at radius 3 is 2.55 bits per heavy atom. The van der Waals surface area contributed by atoms with Crippen molar-refractivity contribution >= 4 is 32.1 Å². The zero-order chi connectivity index (χ0) is 27.3. The number of nitrogens with zero attached hydrogens (tertiary/aromatic N) is 1. The summed E-state index contributed by atoms with van der Waals surface area (Å²) in [5.74, 6) is 6.90. The molecule has 1 aromatic heterocycles. The zero-order valence-electron chi connectivity index (χ0n) is 21.3. The lowest BCUT2D eigenvalue weighted by molar-refractivity contribution is -0.139. The van der Waals surface area contributed by atoms with Gasteiger partial charge >= 0.3 is 6.18 Å². The first-order chi connectivity index (χ1) is 18.0. The van der Waals surface area contributed by atoms with Gasteiger partial charge in [0.15, 0.2) is 9.84 Å². The van der Waals surface area contributed by atoms with Crippen LogP contribution in [0.5, 0.6) is 5.75 Å². The van der Waals surface area contributed by atoms with E-state index in [0.717, 1.165) is 49.8 Å². The largest absolute Gasteiger partial charge is 0.495 e. The Kier molecular flexibility index (Phi) is 8.43. The highest BCUT2D eigenvalue weighted by molar-refractivity contribution is 7.90. The van der Waals surface area contributed by atoms with Gasteiger partial charge in [0.1, 0.15) is 12.3 Å². The smallest absolute Gasteiger partial charge is 0.406 e. The average molecular weight is 549 g/mol. The number of benzene rings is 2. The first-order valence-electron chi connectivity index (χ1n) is 12.3. The van der Waals surface area contributed by atoms with Crippen LogP contribution in [0.3, 0.4) is 0 Å². The molecule has 0 unspecified atom stereocenters. The van der Waals surface area contributed by atoms with Crippen LogP contribution in [0.2, 0.25) is 0 Å². The fourth-order valence-electron chi connectivity index (χ4n) is 4.52. The lowest BCUT2D eigenvalue weighted by atomic mass is 9.98. The van der Waals surface area contributed by atoms with Gasteiger partial charge in [-0.05, 0) is 62.2 Å². The predicted molar refractivity (Wildman–Crippen MR) is 144 cm³/mol. The SMILES string of the molecule is COc1cc(S(C)(=O)=O)ccc1NCC#Cc1cc(NCC2CCNCC2)c2ccn(CC(F)(F)F)c2c1. The van der Waals surface area contributed by atoms with Gasteiger partial charge < -0.3 is 25.3 Å². The molecular formula is C27H31F3N4O3S. The van der Waals surface area contributed by atoms with Gasteiger partial charge in [0.2, 0.25) is 0 Å². The number of nitrogens with one attached hydrogen (secondary N) is 3. The maximum atomic E-state index is 13.2. The van der Waals surface area contributed by atoms with Crippen molar-refractivity contribution in [1.82, 2.24) is 9.88 Å². The monoisotopic (exact) mass is 548 g/mol. The molecule has 1 aliphatic heterocycles. The van der Waals surface area contributed by atoms with Crippen LogP contribution in [-0.2, 0) is 16.4 Å². The molecular weight excluding hydrogens is 517 g/mol. The number of piperidine rings is 1. The number of rotatable bonds is 8. The Balaban J connectivity index is 1.56. The van der Waals surface area contributed by atoms with E-state index in [1.165, 1.54) is 30.0 Å². The van der Waals surface area contributed by atoms with Crippen molar-refractivity contribution in [1.29, 1.82) is 0 Å². The van der Waals surface area contributed by atoms with E-state index in [-0.39, 0.29) is 11.4 Å². The summed E-state index contributed by atoms with van der Waals surface area (Å²) in [6.45, 7) is 1.80. The number of halogens is 3. The quantitative estimate of drug-likeness (QED) is 0.360. The Labute approximate surface area is 220 Å². The molecule has 1 fully saturated rings. The van der Waals surface area contributed by atoms with Crippen molar-refractivity contribution in [3.8, 4) is 17.6 Å². The van der Waals surface area contributed by atoms with Crippen LogP contribution in [0.1, 0.15) is 18.4 Å².